The van der Waals surface area contributed by atoms with E-state index in [-0.39, 0.29) is 0 Å². The number of pyridine rings is 3. The molecule has 0 aliphatic carbocycles. The van der Waals surface area contributed by atoms with Gasteiger partial charge in [-0.3, -0.25) is 15.0 Å². The molecule has 0 N–H and O–H groups in total. The summed E-state index contributed by atoms with van der Waals surface area (Å²) in [4.78, 5) is 14.3. The maximum absolute atomic E-state index is 5.13. The Morgan fingerprint density at radius 1 is 0.373 bits per heavy atom. The Labute approximate surface area is 351 Å². The molecule has 0 unspecified atom stereocenters. The van der Waals surface area contributed by atoms with Crippen LogP contribution in [-0.4, -0.2) is 15.0 Å². The summed E-state index contributed by atoms with van der Waals surface area (Å²) in [5.74, 6) is 0.897. The maximum Gasteiger partial charge on any atom is 0.0708 e. The Balaban J connectivity index is 1.22. The third-order valence-corrected chi connectivity index (χ3v) is 11.5. The lowest BCUT2D eigenvalue weighted by molar-refractivity contribution is 0.843. The van der Waals surface area contributed by atoms with Crippen LogP contribution in [0.25, 0.3) is 55.8 Å². The van der Waals surface area contributed by atoms with Gasteiger partial charge in [-0.2, -0.15) is 0 Å². The predicted molar refractivity (Wildman–Crippen MR) is 248 cm³/mol. The Morgan fingerprint density at radius 2 is 0.915 bits per heavy atom. The summed E-state index contributed by atoms with van der Waals surface area (Å²) in [6.07, 6.45) is 13.9. The molecule has 8 aromatic rings. The molecule has 0 radical (unpaired) electrons. The van der Waals surface area contributed by atoms with Crippen molar-refractivity contribution in [2.75, 3.05) is 0 Å². The maximum atomic E-state index is 5.13. The van der Waals surface area contributed by atoms with E-state index in [1.807, 2.05) is 24.8 Å². The SMILES string of the molecule is Cc1cc(-c2ccccc2)ccc1-c1cc(-c2ccccc2)ncc1-c1ccccc1-c1cc(CCc2cncc(C(C)C)c2)cc(CCc2cncc(C(C)C)c2)c1. The number of hydrogen-bond acceptors (Lipinski definition) is 3. The third kappa shape index (κ3) is 9.32. The molecule has 0 amide bonds. The zero-order valence-electron chi connectivity index (χ0n) is 35.0. The van der Waals surface area contributed by atoms with Gasteiger partial charge in [0.1, 0.15) is 0 Å². The number of nitrogens with zero attached hydrogens (tertiary/aromatic N) is 3. The van der Waals surface area contributed by atoms with Crippen LogP contribution in [0.3, 0.4) is 0 Å². The second kappa shape index (κ2) is 18.0. The molecule has 3 heteroatoms. The van der Waals surface area contributed by atoms with E-state index in [1.54, 1.807) is 0 Å². The molecule has 0 fully saturated rings. The van der Waals surface area contributed by atoms with Crippen LogP contribution in [-0.2, 0) is 25.7 Å². The summed E-state index contributed by atoms with van der Waals surface area (Å²) < 4.78 is 0. The molecule has 3 nitrogen and oxygen atoms in total. The van der Waals surface area contributed by atoms with Crippen LogP contribution >= 0.6 is 0 Å². The van der Waals surface area contributed by atoms with Gasteiger partial charge < -0.3 is 0 Å². The fourth-order valence-electron chi connectivity index (χ4n) is 8.11. The molecule has 292 valence electrons. The van der Waals surface area contributed by atoms with Crippen molar-refractivity contribution in [3.8, 4) is 55.8 Å². The van der Waals surface area contributed by atoms with Crippen molar-refractivity contribution in [3.63, 3.8) is 0 Å². The van der Waals surface area contributed by atoms with Gasteiger partial charge >= 0.3 is 0 Å². The zero-order chi connectivity index (χ0) is 40.7. The van der Waals surface area contributed by atoms with Gasteiger partial charge in [0.15, 0.2) is 0 Å². The van der Waals surface area contributed by atoms with Crippen LogP contribution in [0.5, 0.6) is 0 Å². The van der Waals surface area contributed by atoms with E-state index >= 15 is 0 Å². The average molecular weight is 768 g/mol. The van der Waals surface area contributed by atoms with Crippen molar-refractivity contribution in [2.45, 2.75) is 72.1 Å². The van der Waals surface area contributed by atoms with Gasteiger partial charge in [0.25, 0.3) is 0 Å². The van der Waals surface area contributed by atoms with Gasteiger partial charge in [0.2, 0.25) is 0 Å². The van der Waals surface area contributed by atoms with Crippen molar-refractivity contribution in [1.82, 2.24) is 15.0 Å². The lowest BCUT2D eigenvalue weighted by atomic mass is 9.86. The molecule has 3 heterocycles. The monoisotopic (exact) mass is 767 g/mol. The summed E-state index contributed by atoms with van der Waals surface area (Å²) in [6.45, 7) is 11.2. The molecular weight excluding hydrogens is 715 g/mol. The van der Waals surface area contributed by atoms with E-state index in [1.165, 1.54) is 77.9 Å². The summed E-state index contributed by atoms with van der Waals surface area (Å²) >= 11 is 0. The lowest BCUT2D eigenvalue weighted by Crippen LogP contribution is -2.00. The van der Waals surface area contributed by atoms with Crippen LogP contribution in [0.15, 0.2) is 171 Å². The first-order valence-electron chi connectivity index (χ1n) is 21.1. The fraction of sp³-hybridized carbons (Fsp3) is 0.196. The second-order valence-corrected chi connectivity index (χ2v) is 16.5. The van der Waals surface area contributed by atoms with Crippen molar-refractivity contribution in [2.24, 2.45) is 0 Å². The van der Waals surface area contributed by atoms with Crippen LogP contribution in [0.4, 0.5) is 0 Å². The zero-order valence-corrected chi connectivity index (χ0v) is 35.0. The molecule has 0 spiro atoms. The molecule has 0 atom stereocenters. The largest absolute Gasteiger partial charge is 0.264 e. The molecule has 0 saturated heterocycles. The van der Waals surface area contributed by atoms with Crippen LogP contribution in [0.2, 0.25) is 0 Å². The third-order valence-electron chi connectivity index (χ3n) is 11.5. The topological polar surface area (TPSA) is 38.7 Å². The highest BCUT2D eigenvalue weighted by molar-refractivity contribution is 5.93. The van der Waals surface area contributed by atoms with Crippen molar-refractivity contribution in [3.05, 3.63) is 209 Å². The normalized spacial score (nSPS) is 11.4. The van der Waals surface area contributed by atoms with Gasteiger partial charge in [-0.1, -0.05) is 161 Å². The van der Waals surface area contributed by atoms with Crippen molar-refractivity contribution in [1.29, 1.82) is 0 Å². The molecule has 59 heavy (non-hydrogen) atoms. The Hall–Kier alpha value is -6.45. The van der Waals surface area contributed by atoms with E-state index in [2.05, 4.69) is 190 Å². The first kappa shape index (κ1) is 39.4. The van der Waals surface area contributed by atoms with E-state index in [4.69, 9.17) is 4.98 Å². The quantitative estimate of drug-likeness (QED) is 0.117. The predicted octanol–water partition coefficient (Wildman–Crippen LogP) is 14.3. The Morgan fingerprint density at radius 3 is 1.49 bits per heavy atom. The van der Waals surface area contributed by atoms with Crippen LogP contribution in [0, 0.1) is 6.92 Å². The van der Waals surface area contributed by atoms with E-state index in [9.17, 15) is 0 Å². The standard InChI is InChI=1S/C56H53N3/c1-38(2)49-30-43(33-57-35-49)22-20-41-27-42(21-23-44-31-50(39(3)4)36-58-34-44)29-48(28-41)52-18-12-13-19-53(52)55-37-59-56(46-16-10-7-11-17-46)32-54(55)51-25-24-47(26-40(51)5)45-14-8-6-9-15-45/h6-19,24-39H,20-23H2,1-5H3. The van der Waals surface area contributed by atoms with Crippen molar-refractivity contribution >= 4 is 0 Å². The Bertz CT molecular complexity index is 2600. The fourth-order valence-corrected chi connectivity index (χ4v) is 8.11. The molecular formula is C56H53N3. The molecule has 3 aromatic heterocycles. The van der Waals surface area contributed by atoms with E-state index < -0.39 is 0 Å². The van der Waals surface area contributed by atoms with Crippen LogP contribution in [0.1, 0.15) is 78.5 Å². The molecule has 5 aromatic carbocycles. The lowest BCUT2D eigenvalue weighted by Gasteiger charge is -2.19. The molecule has 0 aliphatic heterocycles. The van der Waals surface area contributed by atoms with Gasteiger partial charge in [0, 0.05) is 42.1 Å². The highest BCUT2D eigenvalue weighted by Gasteiger charge is 2.18. The Kier molecular flexibility index (Phi) is 12.0. The summed E-state index contributed by atoms with van der Waals surface area (Å²) in [5.41, 5.74) is 20.6. The number of hydrogen-bond donors (Lipinski definition) is 0. The van der Waals surface area contributed by atoms with Gasteiger partial charge in [-0.25, -0.2) is 0 Å². The van der Waals surface area contributed by atoms with Crippen LogP contribution < -0.4 is 0 Å². The molecule has 0 bridgehead atoms. The average Bonchev–Trinajstić information content (AvgIpc) is 3.28. The molecule has 0 aliphatic rings. The molecule has 0 saturated carbocycles. The van der Waals surface area contributed by atoms with E-state index in [0.717, 1.165) is 42.5 Å². The smallest absolute Gasteiger partial charge is 0.0708 e. The van der Waals surface area contributed by atoms with Gasteiger partial charge in [-0.05, 0) is 128 Å². The van der Waals surface area contributed by atoms with Crippen molar-refractivity contribution < 1.29 is 0 Å². The first-order valence-corrected chi connectivity index (χ1v) is 21.1. The number of aryl methyl sites for hydroxylation is 5. The highest BCUT2D eigenvalue weighted by atomic mass is 14.7. The number of rotatable bonds is 13. The minimum absolute atomic E-state index is 0.448. The second-order valence-electron chi connectivity index (χ2n) is 16.5. The highest BCUT2D eigenvalue weighted by Crippen LogP contribution is 2.41. The van der Waals surface area contributed by atoms with Gasteiger partial charge in [0.05, 0.1) is 5.69 Å². The molecule has 8 rings (SSSR count). The number of aromatic nitrogens is 3. The number of benzene rings is 5. The summed E-state index contributed by atoms with van der Waals surface area (Å²) in [6, 6.07) is 51.1. The summed E-state index contributed by atoms with van der Waals surface area (Å²) in [7, 11) is 0. The van der Waals surface area contributed by atoms with Gasteiger partial charge in [-0.15, -0.1) is 0 Å². The van der Waals surface area contributed by atoms with E-state index in [0.29, 0.717) is 11.8 Å². The first-order chi connectivity index (χ1) is 28.8. The minimum atomic E-state index is 0.448. The summed E-state index contributed by atoms with van der Waals surface area (Å²) in [5, 5.41) is 0. The minimum Gasteiger partial charge on any atom is -0.264 e.